The highest BCUT2D eigenvalue weighted by molar-refractivity contribution is 7.98. The van der Waals surface area contributed by atoms with Crippen LogP contribution in [0.5, 0.6) is 0 Å². The van der Waals surface area contributed by atoms with E-state index in [-0.39, 0.29) is 0 Å². The van der Waals surface area contributed by atoms with Gasteiger partial charge in [0.25, 0.3) is 0 Å². The minimum absolute atomic E-state index is 0.398. The van der Waals surface area contributed by atoms with E-state index in [1.807, 2.05) is 34.2 Å². The molecule has 0 saturated carbocycles. The van der Waals surface area contributed by atoms with Gasteiger partial charge < -0.3 is 9.21 Å². The third-order valence-electron chi connectivity index (χ3n) is 2.97. The Morgan fingerprint density at radius 2 is 2.26 bits per heavy atom. The first-order valence-electron chi connectivity index (χ1n) is 6.41. The highest BCUT2D eigenvalue weighted by atomic mass is 32.2. The normalized spacial score (nSPS) is 19.4. The monoisotopic (exact) mass is 289 g/mol. The molecular formula is C12H24FN5S. The summed E-state index contributed by atoms with van der Waals surface area (Å²) in [5.41, 5.74) is 1.02. The summed E-state index contributed by atoms with van der Waals surface area (Å²) in [4.78, 5) is 2.00. The Morgan fingerprint density at radius 3 is 2.58 bits per heavy atom. The first-order valence-corrected chi connectivity index (χ1v) is 7.25. The summed E-state index contributed by atoms with van der Waals surface area (Å²) in [5, 5.41) is 9.59. The Kier molecular flexibility index (Phi) is 6.60. The average molecular weight is 289 g/mol. The highest BCUT2D eigenvalue weighted by Gasteiger charge is 2.17. The number of halogens is 1. The van der Waals surface area contributed by atoms with Crippen LogP contribution in [0.3, 0.4) is 0 Å². The largest absolute Gasteiger partial charge is 0.304 e. The van der Waals surface area contributed by atoms with E-state index in [0.29, 0.717) is 12.6 Å². The van der Waals surface area contributed by atoms with Crippen LogP contribution >= 0.6 is 12.1 Å². The van der Waals surface area contributed by atoms with Gasteiger partial charge >= 0.3 is 0 Å². The van der Waals surface area contributed by atoms with Gasteiger partial charge in [-0.3, -0.25) is 9.82 Å². The van der Waals surface area contributed by atoms with Crippen LogP contribution in [-0.2, 0) is 0 Å². The first-order chi connectivity index (χ1) is 8.93. The molecule has 2 N–H and O–H groups in total. The maximum Gasteiger partial charge on any atom is 0.114 e. The molecule has 0 amide bonds. The van der Waals surface area contributed by atoms with Crippen molar-refractivity contribution in [2.75, 3.05) is 31.5 Å². The Balaban J connectivity index is 0.000000218. The zero-order valence-corrected chi connectivity index (χ0v) is 12.9. The molecule has 1 aromatic heterocycles. The molecule has 1 aliphatic heterocycles. The minimum atomic E-state index is -0.551. The number of anilines is 1. The fourth-order valence-corrected chi connectivity index (χ4v) is 1.93. The van der Waals surface area contributed by atoms with Gasteiger partial charge in [-0.25, -0.2) is 4.39 Å². The van der Waals surface area contributed by atoms with Crippen LogP contribution in [0, 0.1) is 0 Å². The lowest BCUT2D eigenvalue weighted by Gasteiger charge is -2.10. The number of nitrogens with zero attached hydrogens (tertiary/aromatic N) is 4. The molecule has 1 unspecified atom stereocenters. The van der Waals surface area contributed by atoms with E-state index < -0.39 is 6.17 Å². The number of nitrogens with two attached hydrogens (primary N) is 1. The summed E-state index contributed by atoms with van der Waals surface area (Å²) >= 11 is 1.18. The van der Waals surface area contributed by atoms with E-state index in [4.69, 9.17) is 5.14 Å². The van der Waals surface area contributed by atoms with Gasteiger partial charge in [-0.2, -0.15) is 5.10 Å². The van der Waals surface area contributed by atoms with E-state index in [1.165, 1.54) is 12.1 Å². The molecular weight excluding hydrogens is 265 g/mol. The van der Waals surface area contributed by atoms with Crippen LogP contribution in [0.25, 0.3) is 0 Å². The summed E-state index contributed by atoms with van der Waals surface area (Å²) in [7, 11) is 3.85. The van der Waals surface area contributed by atoms with Crippen LogP contribution in [0.1, 0.15) is 26.3 Å². The molecule has 1 fully saturated rings. The van der Waals surface area contributed by atoms with Crippen LogP contribution in [0.15, 0.2) is 12.4 Å². The molecule has 1 aliphatic rings. The molecule has 0 aromatic carbocycles. The number of rotatable bonds is 3. The zero-order chi connectivity index (χ0) is 14.4. The lowest BCUT2D eigenvalue weighted by Crippen LogP contribution is -2.13. The molecule has 2 rings (SSSR count). The van der Waals surface area contributed by atoms with E-state index in [9.17, 15) is 4.39 Å². The molecule has 0 radical (unpaired) electrons. The molecule has 110 valence electrons. The van der Waals surface area contributed by atoms with E-state index in [1.54, 1.807) is 6.20 Å². The smallest absolute Gasteiger partial charge is 0.114 e. The van der Waals surface area contributed by atoms with Crippen molar-refractivity contribution in [3.05, 3.63) is 12.4 Å². The van der Waals surface area contributed by atoms with Crippen molar-refractivity contribution in [1.29, 1.82) is 0 Å². The molecule has 1 aromatic rings. The lowest BCUT2D eigenvalue weighted by molar-refractivity contribution is 0.321. The topological polar surface area (TPSA) is 50.3 Å². The number of hydrogen-bond acceptors (Lipinski definition) is 5. The molecule has 0 aliphatic carbocycles. The quantitative estimate of drug-likeness (QED) is 0.863. The Labute approximate surface area is 119 Å². The summed E-state index contributed by atoms with van der Waals surface area (Å²) in [5.74, 6) is 0. The summed E-state index contributed by atoms with van der Waals surface area (Å²) < 4.78 is 15.9. The van der Waals surface area contributed by atoms with Crippen LogP contribution < -0.4 is 9.44 Å². The zero-order valence-electron chi connectivity index (χ0n) is 12.1. The Morgan fingerprint density at radius 1 is 1.58 bits per heavy atom. The molecule has 2 heterocycles. The second-order valence-electron chi connectivity index (χ2n) is 5.02. The fourth-order valence-electron chi connectivity index (χ4n) is 1.72. The van der Waals surface area contributed by atoms with Gasteiger partial charge in [0.05, 0.1) is 11.9 Å². The first kappa shape index (κ1) is 16.3. The van der Waals surface area contributed by atoms with Gasteiger partial charge in [0.2, 0.25) is 0 Å². The summed E-state index contributed by atoms with van der Waals surface area (Å²) in [6, 6.07) is 0.398. The van der Waals surface area contributed by atoms with Crippen molar-refractivity contribution < 1.29 is 4.39 Å². The van der Waals surface area contributed by atoms with Gasteiger partial charge in [-0.1, -0.05) is 0 Å². The van der Waals surface area contributed by atoms with Gasteiger partial charge in [-0.05, 0) is 27.3 Å². The summed E-state index contributed by atoms with van der Waals surface area (Å²) in [6.07, 6.45) is 3.96. The molecule has 19 heavy (non-hydrogen) atoms. The second kappa shape index (κ2) is 7.72. The van der Waals surface area contributed by atoms with Crippen LogP contribution in [0.2, 0.25) is 0 Å². The lowest BCUT2D eigenvalue weighted by atomic mass is 10.4. The van der Waals surface area contributed by atoms with Gasteiger partial charge in [0.15, 0.2) is 0 Å². The number of likely N-dealkylation sites (tertiary alicyclic amines) is 1. The fraction of sp³-hybridized carbons (Fsp3) is 0.750. The number of aromatic nitrogens is 2. The van der Waals surface area contributed by atoms with Gasteiger partial charge in [0, 0.05) is 44.5 Å². The number of hydrogen-bond donors (Lipinski definition) is 1. The standard InChI is InChI=1S/C7H14N4S.C5H10FN/c1-6(2)11-5-7(4-9-11)10(3)12-8;1-7-3-2-5(6)4-7/h4-6H,8H2,1-3H3;5H,2-4H2,1H3. The van der Waals surface area contributed by atoms with Crippen molar-refractivity contribution in [2.45, 2.75) is 32.5 Å². The van der Waals surface area contributed by atoms with Gasteiger partial charge in [0.1, 0.15) is 6.17 Å². The van der Waals surface area contributed by atoms with Crippen LogP contribution in [-0.4, -0.2) is 48.0 Å². The van der Waals surface area contributed by atoms with E-state index in [2.05, 4.69) is 18.9 Å². The molecule has 7 heteroatoms. The van der Waals surface area contributed by atoms with Crippen LogP contribution in [0.4, 0.5) is 10.1 Å². The highest BCUT2D eigenvalue weighted by Crippen LogP contribution is 2.17. The van der Waals surface area contributed by atoms with Crippen molar-refractivity contribution in [2.24, 2.45) is 5.14 Å². The maximum absolute atomic E-state index is 12.1. The Hall–Kier alpha value is -0.790. The van der Waals surface area contributed by atoms with Crippen molar-refractivity contribution in [3.63, 3.8) is 0 Å². The third-order valence-corrected chi connectivity index (χ3v) is 3.50. The van der Waals surface area contributed by atoms with Crippen molar-refractivity contribution >= 4 is 17.8 Å². The number of alkyl halides is 1. The summed E-state index contributed by atoms with van der Waals surface area (Å²) in [6.45, 7) is 5.75. The van der Waals surface area contributed by atoms with Crippen molar-refractivity contribution in [1.82, 2.24) is 14.7 Å². The molecule has 0 spiro atoms. The molecule has 5 nitrogen and oxygen atoms in total. The third kappa shape index (κ3) is 5.38. The Bertz CT molecular complexity index is 363. The van der Waals surface area contributed by atoms with Gasteiger partial charge in [-0.15, -0.1) is 0 Å². The molecule has 0 bridgehead atoms. The predicted molar refractivity (Wildman–Crippen MR) is 79.8 cm³/mol. The van der Waals surface area contributed by atoms with E-state index >= 15 is 0 Å². The van der Waals surface area contributed by atoms with Crippen molar-refractivity contribution in [3.8, 4) is 0 Å². The predicted octanol–water partition coefficient (Wildman–Crippen LogP) is 2.08. The molecule has 1 atom stereocenters. The maximum atomic E-state index is 12.1. The SMILES string of the molecule is CC(C)n1cc(N(C)SN)cn1.CN1CCC(F)C1. The molecule has 1 saturated heterocycles. The minimum Gasteiger partial charge on any atom is -0.304 e. The second-order valence-corrected chi connectivity index (χ2v) is 5.78. The average Bonchev–Trinajstić information content (AvgIpc) is 2.98. The van der Waals surface area contributed by atoms with E-state index in [0.717, 1.165) is 18.7 Å².